The van der Waals surface area contributed by atoms with Crippen LogP contribution in [0.4, 0.5) is 0 Å². The minimum atomic E-state index is 0.220. The molecule has 0 heterocycles. The summed E-state index contributed by atoms with van der Waals surface area (Å²) in [5.74, 6) is 4.07. The monoisotopic (exact) mass is 206 g/mol. The van der Waals surface area contributed by atoms with Crippen LogP contribution >= 0.6 is 0 Å². The second-order valence-electron chi connectivity index (χ2n) is 3.72. The van der Waals surface area contributed by atoms with Crippen molar-refractivity contribution in [2.24, 2.45) is 5.92 Å². The summed E-state index contributed by atoms with van der Waals surface area (Å²) in [5.41, 5.74) is 0. The smallest absolute Gasteiger partial charge is 0.148 e. The first-order valence-corrected chi connectivity index (χ1v) is 4.91. The van der Waals surface area contributed by atoms with E-state index in [0.717, 1.165) is 5.92 Å². The maximum Gasteiger partial charge on any atom is 0.148 e. The lowest BCUT2D eigenvalue weighted by molar-refractivity contribution is 0.369. The molecule has 0 aliphatic rings. The molecule has 1 rings (SSSR count). The van der Waals surface area contributed by atoms with Gasteiger partial charge in [-0.25, -0.2) is 0 Å². The lowest BCUT2D eigenvalue weighted by Crippen LogP contribution is -1.92. The van der Waals surface area contributed by atoms with Gasteiger partial charge in [-0.3, -0.25) is 0 Å². The Morgan fingerprint density at radius 1 is 1.27 bits per heavy atom. The van der Waals surface area contributed by atoms with Crippen molar-refractivity contribution in [1.82, 2.24) is 0 Å². The van der Waals surface area contributed by atoms with Crippen molar-refractivity contribution in [1.29, 1.82) is 0 Å². The molecule has 1 aromatic rings. The van der Waals surface area contributed by atoms with Crippen molar-refractivity contribution in [2.75, 3.05) is 6.61 Å². The van der Waals surface area contributed by atoms with E-state index in [0.29, 0.717) is 5.75 Å². The van der Waals surface area contributed by atoms with Crippen molar-refractivity contribution in [2.45, 2.75) is 20.8 Å². The molecule has 0 aliphatic carbocycles. The Kier molecular flexibility index (Phi) is 6.92. The van der Waals surface area contributed by atoms with Crippen LogP contribution in [0.2, 0.25) is 0 Å². The molecule has 82 valence electrons. The van der Waals surface area contributed by atoms with Gasteiger partial charge in [-0.1, -0.05) is 26.7 Å². The number of benzene rings is 1. The van der Waals surface area contributed by atoms with Gasteiger partial charge in [0.2, 0.25) is 0 Å². The maximum absolute atomic E-state index is 8.89. The number of ether oxygens (including phenoxy) is 1. The van der Waals surface area contributed by atoms with Crippen molar-refractivity contribution >= 4 is 0 Å². The predicted molar refractivity (Wildman–Crippen MR) is 62.9 cm³/mol. The highest BCUT2D eigenvalue weighted by Crippen LogP contribution is 2.15. The first kappa shape index (κ1) is 13.4. The van der Waals surface area contributed by atoms with E-state index in [1.165, 1.54) is 0 Å². The number of hydrogen-bond donors (Lipinski definition) is 1. The predicted octanol–water partition coefficient (Wildman–Crippen LogP) is 3.07. The summed E-state index contributed by atoms with van der Waals surface area (Å²) in [6.07, 6.45) is 4.98. The minimum Gasteiger partial charge on any atom is -0.508 e. The summed E-state index contributed by atoms with van der Waals surface area (Å²) in [7, 11) is 0. The molecule has 0 unspecified atom stereocenters. The summed E-state index contributed by atoms with van der Waals surface area (Å²) < 4.78 is 5.06. The van der Waals surface area contributed by atoms with Crippen LogP contribution in [0.25, 0.3) is 0 Å². The number of hydrogen-bond acceptors (Lipinski definition) is 2. The average Bonchev–Trinajstić information content (AvgIpc) is 2.16. The topological polar surface area (TPSA) is 29.5 Å². The molecule has 2 heteroatoms. The van der Waals surface area contributed by atoms with Crippen LogP contribution < -0.4 is 4.74 Å². The Morgan fingerprint density at radius 3 is 2.13 bits per heavy atom. The standard InChI is InChI=1S/C9H8O2.C4H10/c1-2-7-11-9-5-3-8(10)4-6-9;1-4(2)3/h1,3-6,10H,7H2;4H,1-3H3. The molecule has 0 bridgehead atoms. The van der Waals surface area contributed by atoms with Gasteiger partial charge in [-0.15, -0.1) is 6.42 Å². The molecule has 0 saturated carbocycles. The van der Waals surface area contributed by atoms with E-state index in [2.05, 4.69) is 26.7 Å². The first-order valence-electron chi connectivity index (χ1n) is 4.91. The van der Waals surface area contributed by atoms with Crippen molar-refractivity contribution in [3.63, 3.8) is 0 Å². The Balaban J connectivity index is 0.000000423. The number of phenols is 1. The molecule has 0 aliphatic heterocycles. The fraction of sp³-hybridized carbons (Fsp3) is 0.385. The summed E-state index contributed by atoms with van der Waals surface area (Å²) in [5, 5.41) is 8.89. The number of phenolic OH excluding ortho intramolecular Hbond substituents is 1. The van der Waals surface area contributed by atoms with Crippen LogP contribution in [0.15, 0.2) is 24.3 Å². The highest BCUT2D eigenvalue weighted by Gasteiger charge is 1.90. The molecule has 0 amide bonds. The molecule has 15 heavy (non-hydrogen) atoms. The third-order valence-corrected chi connectivity index (χ3v) is 1.16. The normalized spacial score (nSPS) is 8.73. The largest absolute Gasteiger partial charge is 0.508 e. The Morgan fingerprint density at radius 2 is 1.73 bits per heavy atom. The summed E-state index contributed by atoms with van der Waals surface area (Å²) in [4.78, 5) is 0. The highest BCUT2D eigenvalue weighted by molar-refractivity contribution is 5.30. The number of terminal acetylenes is 1. The van der Waals surface area contributed by atoms with Gasteiger partial charge in [0, 0.05) is 0 Å². The maximum atomic E-state index is 8.89. The van der Waals surface area contributed by atoms with Gasteiger partial charge in [0.05, 0.1) is 0 Å². The molecule has 0 spiro atoms. The summed E-state index contributed by atoms with van der Waals surface area (Å²) >= 11 is 0. The van der Waals surface area contributed by atoms with Crippen LogP contribution in [-0.2, 0) is 0 Å². The van der Waals surface area contributed by atoms with Crippen LogP contribution in [-0.4, -0.2) is 11.7 Å². The van der Waals surface area contributed by atoms with Gasteiger partial charge in [0.1, 0.15) is 18.1 Å². The molecule has 1 N–H and O–H groups in total. The second-order valence-corrected chi connectivity index (χ2v) is 3.72. The van der Waals surface area contributed by atoms with E-state index in [9.17, 15) is 0 Å². The highest BCUT2D eigenvalue weighted by atomic mass is 16.5. The minimum absolute atomic E-state index is 0.220. The number of aromatic hydroxyl groups is 1. The van der Waals surface area contributed by atoms with Crippen molar-refractivity contribution in [3.8, 4) is 23.8 Å². The third-order valence-electron chi connectivity index (χ3n) is 1.16. The Hall–Kier alpha value is -1.62. The molecule has 1 aromatic carbocycles. The molecular weight excluding hydrogens is 188 g/mol. The molecule has 0 saturated heterocycles. The van der Waals surface area contributed by atoms with E-state index in [4.69, 9.17) is 16.3 Å². The van der Waals surface area contributed by atoms with Gasteiger partial charge >= 0.3 is 0 Å². The van der Waals surface area contributed by atoms with Crippen LogP contribution in [0, 0.1) is 18.3 Å². The fourth-order valence-electron chi connectivity index (χ4n) is 0.667. The SMILES string of the molecule is C#CCOc1ccc(O)cc1.CC(C)C. The van der Waals surface area contributed by atoms with Gasteiger partial charge in [0.25, 0.3) is 0 Å². The number of rotatable bonds is 2. The molecular formula is C13H18O2. The van der Waals surface area contributed by atoms with Crippen molar-refractivity contribution in [3.05, 3.63) is 24.3 Å². The molecule has 0 radical (unpaired) electrons. The molecule has 2 nitrogen and oxygen atoms in total. The summed E-state index contributed by atoms with van der Waals surface area (Å²) in [6, 6.07) is 6.41. The van der Waals surface area contributed by atoms with E-state index < -0.39 is 0 Å². The van der Waals surface area contributed by atoms with E-state index >= 15 is 0 Å². The van der Waals surface area contributed by atoms with Gasteiger partial charge < -0.3 is 9.84 Å². The second kappa shape index (κ2) is 7.75. The van der Waals surface area contributed by atoms with Gasteiger partial charge in [-0.2, -0.15) is 0 Å². The van der Waals surface area contributed by atoms with Gasteiger partial charge in [-0.05, 0) is 30.2 Å². The fourth-order valence-corrected chi connectivity index (χ4v) is 0.667. The van der Waals surface area contributed by atoms with Crippen LogP contribution in [0.1, 0.15) is 20.8 Å². The van der Waals surface area contributed by atoms with Gasteiger partial charge in [0.15, 0.2) is 0 Å². The lowest BCUT2D eigenvalue weighted by Gasteiger charge is -2.00. The average molecular weight is 206 g/mol. The molecule has 0 atom stereocenters. The van der Waals surface area contributed by atoms with E-state index in [-0.39, 0.29) is 12.4 Å². The Bertz CT molecular complexity index is 291. The zero-order valence-electron chi connectivity index (χ0n) is 9.53. The molecule has 0 fully saturated rings. The lowest BCUT2D eigenvalue weighted by atomic mass is 10.3. The first-order chi connectivity index (χ1) is 7.06. The quantitative estimate of drug-likeness (QED) is 0.753. The van der Waals surface area contributed by atoms with Crippen LogP contribution in [0.3, 0.4) is 0 Å². The Labute approximate surface area is 91.9 Å². The van der Waals surface area contributed by atoms with E-state index in [1.807, 2.05) is 0 Å². The third kappa shape index (κ3) is 8.70. The van der Waals surface area contributed by atoms with Crippen molar-refractivity contribution < 1.29 is 9.84 Å². The van der Waals surface area contributed by atoms with Crippen LogP contribution in [0.5, 0.6) is 11.5 Å². The summed E-state index contributed by atoms with van der Waals surface area (Å²) in [6.45, 7) is 6.75. The zero-order chi connectivity index (χ0) is 11.7. The molecule has 0 aromatic heterocycles. The zero-order valence-corrected chi connectivity index (χ0v) is 9.53. The van der Waals surface area contributed by atoms with E-state index in [1.54, 1.807) is 24.3 Å².